The van der Waals surface area contributed by atoms with Crippen LogP contribution in [-0.4, -0.2) is 23.5 Å². The highest BCUT2D eigenvalue weighted by molar-refractivity contribution is 8.00. The molecule has 0 heterocycles. The Morgan fingerprint density at radius 2 is 2.11 bits per heavy atom. The second kappa shape index (κ2) is 6.71. The van der Waals surface area contributed by atoms with Crippen LogP contribution in [-0.2, 0) is 0 Å². The summed E-state index contributed by atoms with van der Waals surface area (Å²) in [4.78, 5) is 13.0. The van der Waals surface area contributed by atoms with Gasteiger partial charge in [-0.25, -0.2) is 0 Å². The highest BCUT2D eigenvalue weighted by atomic mass is 32.2. The molecular weight excluding hydrogens is 274 g/mol. The molecule has 1 aliphatic rings. The van der Waals surface area contributed by atoms with Gasteiger partial charge in [0, 0.05) is 21.8 Å². The summed E-state index contributed by atoms with van der Waals surface area (Å²) < 4.78 is 0.243. The van der Waals surface area contributed by atoms with E-state index in [-0.39, 0.29) is 10.7 Å². The van der Waals surface area contributed by atoms with E-state index in [1.807, 2.05) is 36.0 Å². The van der Waals surface area contributed by atoms with Gasteiger partial charge in [-0.2, -0.15) is 11.8 Å². The van der Waals surface area contributed by atoms with E-state index in [1.54, 1.807) is 0 Å². The molecule has 0 atom stereocenters. The third-order valence-electron chi connectivity index (χ3n) is 3.88. The van der Waals surface area contributed by atoms with Crippen molar-refractivity contribution in [2.24, 2.45) is 0 Å². The van der Waals surface area contributed by atoms with E-state index >= 15 is 0 Å². The molecule has 1 aromatic rings. The normalized spacial score (nSPS) is 18.0. The lowest BCUT2D eigenvalue weighted by atomic mass is 9.88. The topological polar surface area (TPSA) is 29.1 Å². The molecule has 1 aromatic carbocycles. The van der Waals surface area contributed by atoms with Crippen molar-refractivity contribution in [3.63, 3.8) is 0 Å². The molecule has 0 saturated heterocycles. The summed E-state index contributed by atoms with van der Waals surface area (Å²) in [5.74, 6) is 0.00917. The molecule has 1 saturated carbocycles. The van der Waals surface area contributed by atoms with E-state index in [9.17, 15) is 4.79 Å². The van der Waals surface area contributed by atoms with Crippen LogP contribution in [0, 0.1) is 0 Å². The molecule has 1 N–H and O–H groups in total. The van der Waals surface area contributed by atoms with Gasteiger partial charge in [-0.15, -0.1) is 12.6 Å². The van der Waals surface area contributed by atoms with E-state index in [2.05, 4.69) is 24.2 Å². The summed E-state index contributed by atoms with van der Waals surface area (Å²) in [6.07, 6.45) is 8.47. The summed E-state index contributed by atoms with van der Waals surface area (Å²) in [6.45, 7) is 0.768. The Kier molecular flexibility index (Phi) is 5.22. The van der Waals surface area contributed by atoms with Crippen LogP contribution in [0.1, 0.15) is 42.5 Å². The Morgan fingerprint density at radius 3 is 2.74 bits per heavy atom. The number of benzene rings is 1. The first-order chi connectivity index (χ1) is 9.15. The molecular formula is C15H21NOS2. The average Bonchev–Trinajstić information content (AvgIpc) is 2.46. The summed E-state index contributed by atoms with van der Waals surface area (Å²) in [6, 6.07) is 7.39. The van der Waals surface area contributed by atoms with Crippen molar-refractivity contribution in [3.05, 3.63) is 29.8 Å². The highest BCUT2D eigenvalue weighted by Crippen LogP contribution is 2.37. The van der Waals surface area contributed by atoms with E-state index < -0.39 is 0 Å². The SMILES string of the molecule is CSC1(CNC(=O)c2cccc(S)c2)CCCCC1. The Labute approximate surface area is 125 Å². The summed E-state index contributed by atoms with van der Waals surface area (Å²) in [7, 11) is 0. The average molecular weight is 295 g/mol. The number of carbonyl (C=O) groups is 1. The number of rotatable bonds is 4. The molecule has 0 spiro atoms. The van der Waals surface area contributed by atoms with Gasteiger partial charge in [0.1, 0.15) is 0 Å². The molecule has 1 amide bonds. The van der Waals surface area contributed by atoms with Crippen molar-refractivity contribution >= 4 is 30.3 Å². The standard InChI is InChI=1S/C15H21NOS2/c1-19-15(8-3-2-4-9-15)11-16-14(17)12-6-5-7-13(18)10-12/h5-7,10,18H,2-4,8-9,11H2,1H3,(H,16,17). The monoisotopic (exact) mass is 295 g/mol. The van der Waals surface area contributed by atoms with Crippen LogP contribution in [0.15, 0.2) is 29.2 Å². The number of carbonyl (C=O) groups excluding carboxylic acids is 1. The Morgan fingerprint density at radius 1 is 1.37 bits per heavy atom. The van der Waals surface area contributed by atoms with Crippen LogP contribution in [0.2, 0.25) is 0 Å². The second-order valence-corrected chi connectivity index (χ2v) is 6.97. The minimum Gasteiger partial charge on any atom is -0.351 e. The minimum absolute atomic E-state index is 0.00917. The predicted molar refractivity (Wildman–Crippen MR) is 85.4 cm³/mol. The number of thiol groups is 1. The second-order valence-electron chi connectivity index (χ2n) is 5.18. The van der Waals surface area contributed by atoms with E-state index in [4.69, 9.17) is 0 Å². The van der Waals surface area contributed by atoms with Crippen LogP contribution in [0.4, 0.5) is 0 Å². The van der Waals surface area contributed by atoms with Crippen LogP contribution in [0.3, 0.4) is 0 Å². The summed E-state index contributed by atoms with van der Waals surface area (Å²) in [5.41, 5.74) is 0.694. The third-order valence-corrected chi connectivity index (χ3v) is 5.57. The Hall–Kier alpha value is -0.610. The van der Waals surface area contributed by atoms with Gasteiger partial charge in [0.15, 0.2) is 0 Å². The van der Waals surface area contributed by atoms with Gasteiger partial charge in [-0.1, -0.05) is 25.3 Å². The first kappa shape index (κ1) is 14.8. The van der Waals surface area contributed by atoms with Crippen LogP contribution < -0.4 is 5.32 Å². The fourth-order valence-electron chi connectivity index (χ4n) is 2.64. The van der Waals surface area contributed by atoms with E-state index in [0.29, 0.717) is 5.56 Å². The molecule has 19 heavy (non-hydrogen) atoms. The number of thioether (sulfide) groups is 1. The molecule has 0 radical (unpaired) electrons. The molecule has 2 nitrogen and oxygen atoms in total. The lowest BCUT2D eigenvalue weighted by Gasteiger charge is -2.35. The molecule has 0 aromatic heterocycles. The van der Waals surface area contributed by atoms with E-state index in [0.717, 1.165) is 11.4 Å². The Bertz CT molecular complexity index is 442. The maximum Gasteiger partial charge on any atom is 0.251 e. The zero-order valence-corrected chi connectivity index (χ0v) is 13.0. The maximum atomic E-state index is 12.1. The Balaban J connectivity index is 1.95. The summed E-state index contributed by atoms with van der Waals surface area (Å²) >= 11 is 6.17. The molecule has 2 rings (SSSR count). The molecule has 0 unspecified atom stereocenters. The van der Waals surface area contributed by atoms with Gasteiger partial charge in [-0.05, 0) is 37.3 Å². The zero-order chi connectivity index (χ0) is 13.7. The molecule has 104 valence electrons. The van der Waals surface area contributed by atoms with Crippen molar-refractivity contribution in [2.75, 3.05) is 12.8 Å². The fraction of sp³-hybridized carbons (Fsp3) is 0.533. The van der Waals surface area contributed by atoms with Crippen molar-refractivity contribution in [3.8, 4) is 0 Å². The first-order valence-electron chi connectivity index (χ1n) is 6.78. The van der Waals surface area contributed by atoms with Gasteiger partial charge in [-0.3, -0.25) is 4.79 Å². The predicted octanol–water partition coefficient (Wildman–Crippen LogP) is 3.77. The van der Waals surface area contributed by atoms with Gasteiger partial charge >= 0.3 is 0 Å². The van der Waals surface area contributed by atoms with Gasteiger partial charge in [0.25, 0.3) is 5.91 Å². The smallest absolute Gasteiger partial charge is 0.251 e. The molecule has 0 bridgehead atoms. The van der Waals surface area contributed by atoms with Gasteiger partial charge < -0.3 is 5.32 Å². The number of nitrogens with one attached hydrogen (secondary N) is 1. The number of hydrogen-bond acceptors (Lipinski definition) is 3. The zero-order valence-electron chi connectivity index (χ0n) is 11.3. The van der Waals surface area contributed by atoms with Crippen molar-refractivity contribution in [1.82, 2.24) is 5.32 Å². The molecule has 1 aliphatic carbocycles. The summed E-state index contributed by atoms with van der Waals surface area (Å²) in [5, 5.41) is 3.09. The molecule has 0 aliphatic heterocycles. The van der Waals surface area contributed by atoms with Crippen LogP contribution in [0.5, 0.6) is 0 Å². The number of amides is 1. The van der Waals surface area contributed by atoms with Crippen LogP contribution >= 0.6 is 24.4 Å². The lowest BCUT2D eigenvalue weighted by Crippen LogP contribution is -2.41. The molecule has 4 heteroatoms. The largest absolute Gasteiger partial charge is 0.351 e. The van der Waals surface area contributed by atoms with Gasteiger partial charge in [0.2, 0.25) is 0 Å². The maximum absolute atomic E-state index is 12.1. The first-order valence-corrected chi connectivity index (χ1v) is 8.45. The van der Waals surface area contributed by atoms with Gasteiger partial charge in [0.05, 0.1) is 0 Å². The van der Waals surface area contributed by atoms with E-state index in [1.165, 1.54) is 32.1 Å². The third kappa shape index (κ3) is 3.93. The number of hydrogen-bond donors (Lipinski definition) is 2. The fourth-order valence-corrected chi connectivity index (χ4v) is 3.78. The van der Waals surface area contributed by atoms with Crippen molar-refractivity contribution in [1.29, 1.82) is 0 Å². The van der Waals surface area contributed by atoms with Crippen molar-refractivity contribution < 1.29 is 4.79 Å². The lowest BCUT2D eigenvalue weighted by molar-refractivity contribution is 0.0946. The quantitative estimate of drug-likeness (QED) is 0.828. The van der Waals surface area contributed by atoms with Crippen molar-refractivity contribution in [2.45, 2.75) is 41.7 Å². The minimum atomic E-state index is 0.00917. The van der Waals surface area contributed by atoms with Crippen LogP contribution in [0.25, 0.3) is 0 Å². The highest BCUT2D eigenvalue weighted by Gasteiger charge is 2.31. The molecule has 1 fully saturated rings.